The van der Waals surface area contributed by atoms with Crippen LogP contribution in [0.15, 0.2) is 48.5 Å². The minimum absolute atomic E-state index is 0.221. The number of rotatable bonds is 4. The zero-order valence-corrected chi connectivity index (χ0v) is 15.5. The lowest BCUT2D eigenvalue weighted by Gasteiger charge is -2.36. The number of nitrogens with one attached hydrogen (secondary N) is 1. The van der Waals surface area contributed by atoms with Crippen LogP contribution in [0.4, 0.5) is 4.39 Å². The molecule has 0 radical (unpaired) electrons. The van der Waals surface area contributed by atoms with E-state index in [4.69, 9.17) is 23.8 Å². The molecule has 1 heterocycles. The molecule has 0 saturated carbocycles. The molecule has 1 saturated heterocycles. The molecular weight excluding hydrogens is 357 g/mol. The quantitative estimate of drug-likeness (QED) is 0.819. The van der Waals surface area contributed by atoms with E-state index in [-0.39, 0.29) is 5.82 Å². The van der Waals surface area contributed by atoms with Gasteiger partial charge < -0.3 is 10.2 Å². The van der Waals surface area contributed by atoms with Crippen molar-refractivity contribution in [2.75, 3.05) is 26.2 Å². The van der Waals surface area contributed by atoms with Crippen molar-refractivity contribution >= 4 is 28.9 Å². The maximum atomic E-state index is 12.9. The zero-order valence-electron chi connectivity index (χ0n) is 13.9. The third-order valence-corrected chi connectivity index (χ3v) is 5.14. The number of thiocarbonyl (C=S) groups is 1. The number of halogens is 2. The van der Waals surface area contributed by atoms with Crippen molar-refractivity contribution in [3.05, 3.63) is 70.5 Å². The Morgan fingerprint density at radius 3 is 2.40 bits per heavy atom. The number of hydrogen-bond acceptors (Lipinski definition) is 2. The summed E-state index contributed by atoms with van der Waals surface area (Å²) in [4.78, 5) is 4.57. The van der Waals surface area contributed by atoms with Crippen LogP contribution in [0.1, 0.15) is 11.1 Å². The monoisotopic (exact) mass is 377 g/mol. The SMILES string of the molecule is Fc1ccc(CNC(=S)N2CCN(Cc3ccccc3Cl)CC2)cc1. The molecule has 1 aliphatic heterocycles. The van der Waals surface area contributed by atoms with E-state index >= 15 is 0 Å². The van der Waals surface area contributed by atoms with Crippen LogP contribution in [0.5, 0.6) is 0 Å². The Morgan fingerprint density at radius 1 is 1.04 bits per heavy atom. The summed E-state index contributed by atoms with van der Waals surface area (Å²) >= 11 is 11.7. The van der Waals surface area contributed by atoms with Gasteiger partial charge in [0.1, 0.15) is 5.82 Å². The van der Waals surface area contributed by atoms with Gasteiger partial charge in [0, 0.05) is 44.3 Å². The molecule has 0 bridgehead atoms. The van der Waals surface area contributed by atoms with Gasteiger partial charge in [0.15, 0.2) is 5.11 Å². The highest BCUT2D eigenvalue weighted by Crippen LogP contribution is 2.18. The molecule has 0 aromatic heterocycles. The van der Waals surface area contributed by atoms with Crippen LogP contribution < -0.4 is 5.32 Å². The van der Waals surface area contributed by atoms with Gasteiger partial charge >= 0.3 is 0 Å². The van der Waals surface area contributed by atoms with Crippen molar-refractivity contribution in [2.45, 2.75) is 13.1 Å². The van der Waals surface area contributed by atoms with E-state index in [1.54, 1.807) is 12.1 Å². The Labute approximate surface area is 158 Å². The predicted molar refractivity (Wildman–Crippen MR) is 104 cm³/mol. The van der Waals surface area contributed by atoms with E-state index in [2.05, 4.69) is 21.2 Å². The van der Waals surface area contributed by atoms with Gasteiger partial charge in [-0.05, 0) is 41.5 Å². The summed E-state index contributed by atoms with van der Waals surface area (Å²) in [6.45, 7) is 5.15. The zero-order chi connectivity index (χ0) is 17.6. The Bertz CT molecular complexity index is 715. The van der Waals surface area contributed by atoms with Gasteiger partial charge in [-0.25, -0.2) is 4.39 Å². The minimum Gasteiger partial charge on any atom is -0.358 e. The molecule has 0 unspecified atom stereocenters. The molecule has 1 N–H and O–H groups in total. The van der Waals surface area contributed by atoms with Crippen molar-refractivity contribution in [1.82, 2.24) is 15.1 Å². The van der Waals surface area contributed by atoms with Crippen LogP contribution in [0, 0.1) is 5.82 Å². The van der Waals surface area contributed by atoms with Crippen LogP contribution in [-0.4, -0.2) is 41.1 Å². The second kappa shape index (κ2) is 8.61. The van der Waals surface area contributed by atoms with E-state index in [1.165, 1.54) is 12.1 Å². The highest BCUT2D eigenvalue weighted by atomic mass is 35.5. The number of piperazine rings is 1. The maximum Gasteiger partial charge on any atom is 0.169 e. The van der Waals surface area contributed by atoms with Gasteiger partial charge in [0.05, 0.1) is 0 Å². The largest absolute Gasteiger partial charge is 0.358 e. The van der Waals surface area contributed by atoms with Gasteiger partial charge in [0.2, 0.25) is 0 Å². The highest BCUT2D eigenvalue weighted by Gasteiger charge is 2.19. The molecule has 2 aromatic carbocycles. The summed E-state index contributed by atoms with van der Waals surface area (Å²) in [6.07, 6.45) is 0. The van der Waals surface area contributed by atoms with E-state index in [9.17, 15) is 4.39 Å². The summed E-state index contributed by atoms with van der Waals surface area (Å²) in [5.41, 5.74) is 2.18. The third-order valence-electron chi connectivity index (χ3n) is 4.37. The Balaban J connectivity index is 1.44. The van der Waals surface area contributed by atoms with Crippen LogP contribution in [0.25, 0.3) is 0 Å². The van der Waals surface area contributed by atoms with Gasteiger partial charge in [-0.2, -0.15) is 0 Å². The van der Waals surface area contributed by atoms with Crippen molar-refractivity contribution in [3.8, 4) is 0 Å². The van der Waals surface area contributed by atoms with Crippen LogP contribution in [-0.2, 0) is 13.1 Å². The van der Waals surface area contributed by atoms with Gasteiger partial charge in [-0.15, -0.1) is 0 Å². The average Bonchev–Trinajstić information content (AvgIpc) is 2.63. The second-order valence-electron chi connectivity index (χ2n) is 6.14. The van der Waals surface area contributed by atoms with Gasteiger partial charge in [0.25, 0.3) is 0 Å². The Hall–Kier alpha value is -1.69. The van der Waals surface area contributed by atoms with E-state index in [1.807, 2.05) is 18.2 Å². The number of benzene rings is 2. The molecule has 0 atom stereocenters. The predicted octanol–water partition coefficient (Wildman–Crippen LogP) is 3.67. The van der Waals surface area contributed by atoms with Gasteiger partial charge in [-0.1, -0.05) is 41.9 Å². The first-order valence-corrected chi connectivity index (χ1v) is 9.13. The van der Waals surface area contributed by atoms with Crippen molar-refractivity contribution in [1.29, 1.82) is 0 Å². The molecule has 25 heavy (non-hydrogen) atoms. The van der Waals surface area contributed by atoms with Crippen LogP contribution >= 0.6 is 23.8 Å². The molecule has 3 nitrogen and oxygen atoms in total. The lowest BCUT2D eigenvalue weighted by atomic mass is 10.2. The van der Waals surface area contributed by atoms with E-state index in [0.29, 0.717) is 6.54 Å². The van der Waals surface area contributed by atoms with Crippen molar-refractivity contribution < 1.29 is 4.39 Å². The number of hydrogen-bond donors (Lipinski definition) is 1. The second-order valence-corrected chi connectivity index (χ2v) is 6.93. The Kier molecular flexibility index (Phi) is 6.24. The van der Waals surface area contributed by atoms with Crippen LogP contribution in [0.2, 0.25) is 5.02 Å². The minimum atomic E-state index is -0.221. The topological polar surface area (TPSA) is 18.5 Å². The normalized spacial score (nSPS) is 15.2. The fourth-order valence-electron chi connectivity index (χ4n) is 2.87. The van der Waals surface area contributed by atoms with Crippen molar-refractivity contribution in [3.63, 3.8) is 0 Å². The summed E-state index contributed by atoms with van der Waals surface area (Å²) in [5.74, 6) is -0.221. The molecule has 2 aromatic rings. The molecule has 0 amide bonds. The molecular formula is C19H21ClFN3S. The Morgan fingerprint density at radius 2 is 1.72 bits per heavy atom. The highest BCUT2D eigenvalue weighted by molar-refractivity contribution is 7.80. The lowest BCUT2D eigenvalue weighted by molar-refractivity contribution is 0.174. The molecule has 3 rings (SSSR count). The smallest absolute Gasteiger partial charge is 0.169 e. The molecule has 1 fully saturated rings. The van der Waals surface area contributed by atoms with E-state index < -0.39 is 0 Å². The van der Waals surface area contributed by atoms with Gasteiger partial charge in [-0.3, -0.25) is 4.90 Å². The summed E-state index contributed by atoms with van der Waals surface area (Å²) in [5, 5.41) is 4.83. The van der Waals surface area contributed by atoms with Crippen LogP contribution in [0.3, 0.4) is 0 Å². The first kappa shape index (κ1) is 18.1. The summed E-state index contributed by atoms with van der Waals surface area (Å²) < 4.78 is 12.9. The first-order valence-electron chi connectivity index (χ1n) is 8.35. The fraction of sp³-hybridized carbons (Fsp3) is 0.316. The standard InChI is InChI=1S/C19H21ClFN3S/c20-18-4-2-1-3-16(18)14-23-9-11-24(12-10-23)19(25)22-13-15-5-7-17(21)8-6-15/h1-8H,9-14H2,(H,22,25). The lowest BCUT2D eigenvalue weighted by Crippen LogP contribution is -2.51. The number of nitrogens with zero attached hydrogens (tertiary/aromatic N) is 2. The molecule has 6 heteroatoms. The molecule has 0 spiro atoms. The van der Waals surface area contributed by atoms with Crippen molar-refractivity contribution in [2.24, 2.45) is 0 Å². The summed E-state index contributed by atoms with van der Waals surface area (Å²) in [6, 6.07) is 14.5. The third kappa shape index (κ3) is 5.14. The summed E-state index contributed by atoms with van der Waals surface area (Å²) in [7, 11) is 0. The molecule has 132 valence electrons. The fourth-order valence-corrected chi connectivity index (χ4v) is 3.32. The maximum absolute atomic E-state index is 12.9. The first-order chi connectivity index (χ1) is 12.1. The average molecular weight is 378 g/mol. The molecule has 1 aliphatic rings. The molecule has 0 aliphatic carbocycles. The van der Waals surface area contributed by atoms with E-state index in [0.717, 1.165) is 54.0 Å².